The van der Waals surface area contributed by atoms with Gasteiger partial charge in [-0.05, 0) is 0 Å². The van der Waals surface area contributed by atoms with Crippen molar-refractivity contribution in [3.05, 3.63) is 0 Å². The second-order valence-corrected chi connectivity index (χ2v) is 36.1. The van der Waals surface area contributed by atoms with Crippen LogP contribution in [0.25, 0.3) is 0 Å². The minimum absolute atomic E-state index is 0.700. The monoisotopic (exact) mass is 617 g/mol. The fourth-order valence-electron chi connectivity index (χ4n) is 0.238. The van der Waals surface area contributed by atoms with E-state index in [1.165, 1.54) is 39.3 Å². The summed E-state index contributed by atoms with van der Waals surface area (Å²) in [6.45, 7) is -1.91. The molecular weight excluding hydrogens is 617 g/mol. The summed E-state index contributed by atoms with van der Waals surface area (Å²) in [6.07, 6.45) is 0. The molecule has 0 aromatic carbocycles. The summed E-state index contributed by atoms with van der Waals surface area (Å²) < 4.78 is 8.71. The third-order valence-electron chi connectivity index (χ3n) is 0.716. The molecule has 0 aromatic heterocycles. The van der Waals surface area contributed by atoms with Crippen molar-refractivity contribution in [3.63, 3.8) is 0 Å². The molecule has 18 heteroatoms. The van der Waals surface area contributed by atoms with Gasteiger partial charge in [0.05, 0.1) is 0 Å². The van der Waals surface area contributed by atoms with Gasteiger partial charge < -0.3 is 0 Å². The van der Waals surface area contributed by atoms with Crippen LogP contribution in [0, 0.1) is 0 Å². The average molecular weight is 618 g/mol. The maximum absolute atomic E-state index is 5.34. The molecule has 0 N–H and O–H groups in total. The van der Waals surface area contributed by atoms with Crippen molar-refractivity contribution in [3.8, 4) is 0 Å². The van der Waals surface area contributed by atoms with Crippen molar-refractivity contribution >= 4 is 165 Å². The van der Waals surface area contributed by atoms with Gasteiger partial charge in [0.1, 0.15) is 0 Å². The number of hydrogen-bond acceptors (Lipinski definition) is 11. The number of hydrogen-bond donors (Lipinski definition) is 0. The van der Waals surface area contributed by atoms with Crippen LogP contribution in [0.4, 0.5) is 0 Å². The summed E-state index contributed by atoms with van der Waals surface area (Å²) >= 11 is 32.8. The van der Waals surface area contributed by atoms with Crippen LogP contribution in [0.1, 0.15) is 0 Å². The quantitative estimate of drug-likeness (QED) is 0.165. The van der Waals surface area contributed by atoms with E-state index in [0.717, 1.165) is 0 Å². The molecule has 2 atom stereocenters. The Morgan fingerprint density at radius 1 is 1.11 bits per heavy atom. The molecule has 2 nitrogen and oxygen atoms in total. The van der Waals surface area contributed by atoms with Crippen molar-refractivity contribution in [1.29, 1.82) is 0 Å². The Balaban J connectivity index is 4.35. The Morgan fingerprint density at radius 2 is 1.61 bits per heavy atom. The van der Waals surface area contributed by atoms with Crippen molar-refractivity contribution in [1.82, 2.24) is 0 Å². The molecule has 0 fully saturated rings. The van der Waals surface area contributed by atoms with E-state index in [2.05, 4.69) is 11.9 Å². The van der Waals surface area contributed by atoms with Crippen LogP contribution < -0.4 is 0 Å². The van der Waals surface area contributed by atoms with E-state index >= 15 is 0 Å². The fourth-order valence-corrected chi connectivity index (χ4v) is 40.1. The number of rotatable bonds is 9. The van der Waals surface area contributed by atoms with Crippen LogP contribution in [0.2, 0.25) is 0 Å². The molecule has 0 amide bonds. The molecule has 18 heavy (non-hydrogen) atoms. The van der Waals surface area contributed by atoms with Crippen molar-refractivity contribution in [2.24, 2.45) is 4.30 Å². The summed E-state index contributed by atoms with van der Waals surface area (Å²) in [5.74, 6) is 0. The Morgan fingerprint density at radius 3 is 2.06 bits per heavy atom. The van der Waals surface area contributed by atoms with Crippen molar-refractivity contribution in [2.45, 2.75) is 0 Å². The van der Waals surface area contributed by atoms with Gasteiger partial charge in [0.15, 0.2) is 0 Å². The summed E-state index contributed by atoms with van der Waals surface area (Å²) in [5, 5.41) is -1.87. The van der Waals surface area contributed by atoms with Crippen LogP contribution in [-0.2, 0) is 97.5 Å². The van der Waals surface area contributed by atoms with Gasteiger partial charge in [-0.2, -0.15) is 0 Å². The Kier molecular flexibility index (Phi) is 14.2. The molecule has 0 saturated heterocycles. The van der Waals surface area contributed by atoms with Gasteiger partial charge in [0, 0.05) is 0 Å². The van der Waals surface area contributed by atoms with Crippen LogP contribution in [0.15, 0.2) is 4.30 Å². The molecule has 0 aliphatic rings. The van der Waals surface area contributed by atoms with Gasteiger partial charge in [-0.25, -0.2) is 0 Å². The molecule has 0 spiro atoms. The Labute approximate surface area is 168 Å². The molecule has 0 aliphatic carbocycles. The average Bonchev–Trinajstić information content (AvgIpc) is 2.32. The predicted octanol–water partition coefficient (Wildman–Crippen LogP) is 2.92. The molecule has 0 aliphatic heterocycles. The summed E-state index contributed by atoms with van der Waals surface area (Å²) in [4.78, 5) is 0. The zero-order chi connectivity index (χ0) is 14.4. The summed E-state index contributed by atoms with van der Waals surface area (Å²) in [5.41, 5.74) is 0. The van der Waals surface area contributed by atoms with E-state index in [1.807, 2.05) is 0 Å². The topological polar surface area (TPSA) is 21.6 Å². The SMILES string of the molecule is B=NS(=S)S(=S)S(=S)(=S)SSSSS(=S)(=S)OI. The van der Waals surface area contributed by atoms with Gasteiger partial charge in [-0.1, -0.05) is 0 Å². The molecular formula is HBINOS14. The molecule has 0 saturated carbocycles. The molecule has 106 valence electrons. The van der Waals surface area contributed by atoms with E-state index < -0.39 is 27.9 Å². The third kappa shape index (κ3) is 9.73. The van der Waals surface area contributed by atoms with E-state index in [0.29, 0.717) is 0 Å². The third-order valence-corrected chi connectivity index (χ3v) is 44.0. The maximum atomic E-state index is 5.34. The minimum atomic E-state index is -1.91. The van der Waals surface area contributed by atoms with Crippen LogP contribution in [0.5, 0.6) is 0 Å². The van der Waals surface area contributed by atoms with Gasteiger partial charge in [-0.3, -0.25) is 0 Å². The second kappa shape index (κ2) is 11.3. The first-order chi connectivity index (χ1) is 8.16. The van der Waals surface area contributed by atoms with Crippen LogP contribution in [-0.4, -0.2) is 7.64 Å². The van der Waals surface area contributed by atoms with Gasteiger partial charge >= 0.3 is 172 Å². The number of halogens is 1. The summed E-state index contributed by atoms with van der Waals surface area (Å²) in [6, 6.07) is 0. The normalized spacial score (nSPS) is 16.0. The standard InChI is InChI=1S/BHINOS14/c1-3-15(5)16(6)18(9,10)14-12-11-13-17(7,8)4-2/h1H. The van der Waals surface area contributed by atoms with E-state index in [-0.39, 0.29) is 0 Å². The van der Waals surface area contributed by atoms with E-state index in [9.17, 15) is 0 Å². The Bertz CT molecular complexity index is 524. The van der Waals surface area contributed by atoms with Crippen molar-refractivity contribution in [2.75, 3.05) is 0 Å². The molecule has 0 bridgehead atoms. The fraction of sp³-hybridized carbons (Fsp3) is 0. The first kappa shape index (κ1) is 22.7. The predicted molar refractivity (Wildman–Crippen MR) is 129 cm³/mol. The molecule has 2 unspecified atom stereocenters. The van der Waals surface area contributed by atoms with Gasteiger partial charge in [0.25, 0.3) is 0 Å². The summed E-state index contributed by atoms with van der Waals surface area (Å²) in [7, 11) is 7.46. The zero-order valence-corrected chi connectivity index (χ0v) is 21.2. The van der Waals surface area contributed by atoms with Crippen LogP contribution >= 0.6 is 62.3 Å². The first-order valence-electron chi connectivity index (χ1n) is 2.99. The van der Waals surface area contributed by atoms with Gasteiger partial charge in [-0.15, -0.1) is 0 Å². The van der Waals surface area contributed by atoms with Gasteiger partial charge in [0.2, 0.25) is 0 Å². The van der Waals surface area contributed by atoms with Crippen molar-refractivity contribution < 1.29 is 2.51 Å². The zero-order valence-electron chi connectivity index (χ0n) is 7.66. The van der Waals surface area contributed by atoms with E-state index in [1.54, 1.807) is 23.0 Å². The Hall–Kier alpha value is 4.67. The molecule has 0 aromatic rings. The second-order valence-electron chi connectivity index (χ2n) is 1.70. The first-order valence-corrected chi connectivity index (χ1v) is 21.9. The molecule has 0 radical (unpaired) electrons. The number of nitrogens with zero attached hydrogens (tertiary/aromatic N) is 1. The molecule has 0 rings (SSSR count). The molecule has 0 heterocycles. The van der Waals surface area contributed by atoms with Crippen LogP contribution in [0.3, 0.4) is 0 Å². The van der Waals surface area contributed by atoms with E-state index in [4.69, 9.17) is 69.6 Å².